The van der Waals surface area contributed by atoms with E-state index in [1.807, 2.05) is 13.8 Å². The molecule has 0 aromatic heterocycles. The normalized spacial score (nSPS) is 12.5. The van der Waals surface area contributed by atoms with E-state index in [1.54, 1.807) is 18.2 Å². The van der Waals surface area contributed by atoms with Crippen molar-refractivity contribution in [1.29, 1.82) is 0 Å². The van der Waals surface area contributed by atoms with Gasteiger partial charge in [-0.05, 0) is 46.5 Å². The van der Waals surface area contributed by atoms with Gasteiger partial charge < -0.3 is 16.2 Å². The van der Waals surface area contributed by atoms with Gasteiger partial charge in [-0.25, -0.2) is 0 Å². The van der Waals surface area contributed by atoms with Crippen LogP contribution in [0.4, 0.5) is 5.69 Å². The molecule has 100 valence electrons. The molecule has 1 aromatic carbocycles. The van der Waals surface area contributed by atoms with Crippen molar-refractivity contribution in [2.24, 2.45) is 5.92 Å². The molecule has 0 aliphatic heterocycles. The summed E-state index contributed by atoms with van der Waals surface area (Å²) in [6, 6.07) is 5.05. The van der Waals surface area contributed by atoms with Gasteiger partial charge in [-0.1, -0.05) is 13.8 Å². The molecule has 1 atom stereocenters. The summed E-state index contributed by atoms with van der Waals surface area (Å²) >= 11 is 3.30. The molecule has 0 aliphatic carbocycles. The Bertz CT molecular complexity index is 421. The van der Waals surface area contributed by atoms with Crippen molar-refractivity contribution in [3.05, 3.63) is 28.2 Å². The Morgan fingerprint density at radius 1 is 1.50 bits per heavy atom. The molecule has 0 saturated carbocycles. The second-order valence-electron chi connectivity index (χ2n) is 4.73. The molecule has 0 radical (unpaired) electrons. The van der Waals surface area contributed by atoms with E-state index < -0.39 is 6.10 Å². The minimum Gasteiger partial charge on any atom is -0.399 e. The van der Waals surface area contributed by atoms with E-state index in [2.05, 4.69) is 21.2 Å². The Labute approximate surface area is 116 Å². The van der Waals surface area contributed by atoms with E-state index in [-0.39, 0.29) is 12.5 Å². The van der Waals surface area contributed by atoms with E-state index in [1.165, 1.54) is 0 Å². The topological polar surface area (TPSA) is 75.3 Å². The van der Waals surface area contributed by atoms with Gasteiger partial charge in [-0.15, -0.1) is 0 Å². The van der Waals surface area contributed by atoms with E-state index in [0.717, 1.165) is 0 Å². The molecule has 5 heteroatoms. The minimum absolute atomic E-state index is 0.239. The van der Waals surface area contributed by atoms with Crippen LogP contribution in [0, 0.1) is 5.92 Å². The molecule has 1 amide bonds. The second kappa shape index (κ2) is 6.75. The molecule has 1 rings (SSSR count). The van der Waals surface area contributed by atoms with Crippen LogP contribution in [-0.4, -0.2) is 23.7 Å². The number of nitrogens with one attached hydrogen (secondary N) is 1. The summed E-state index contributed by atoms with van der Waals surface area (Å²) in [6.07, 6.45) is 0.145. The van der Waals surface area contributed by atoms with Crippen LogP contribution in [0.3, 0.4) is 0 Å². The highest BCUT2D eigenvalue weighted by Gasteiger charge is 2.13. The van der Waals surface area contributed by atoms with E-state index in [9.17, 15) is 9.90 Å². The van der Waals surface area contributed by atoms with Crippen molar-refractivity contribution in [1.82, 2.24) is 5.32 Å². The van der Waals surface area contributed by atoms with E-state index in [4.69, 9.17) is 5.73 Å². The number of aliphatic hydroxyl groups excluding tert-OH is 1. The van der Waals surface area contributed by atoms with Crippen LogP contribution in [0.1, 0.15) is 30.6 Å². The lowest BCUT2D eigenvalue weighted by molar-refractivity contribution is 0.0899. The molecular formula is C13H19BrN2O2. The average molecular weight is 315 g/mol. The van der Waals surface area contributed by atoms with E-state index in [0.29, 0.717) is 28.1 Å². The predicted molar refractivity (Wildman–Crippen MR) is 76.3 cm³/mol. The summed E-state index contributed by atoms with van der Waals surface area (Å²) in [5.74, 6) is 0.160. The van der Waals surface area contributed by atoms with Crippen LogP contribution < -0.4 is 11.1 Å². The lowest BCUT2D eigenvalue weighted by atomic mass is 10.1. The van der Waals surface area contributed by atoms with Gasteiger partial charge in [0.25, 0.3) is 5.91 Å². The van der Waals surface area contributed by atoms with E-state index >= 15 is 0 Å². The SMILES string of the molecule is CC(C)CC(O)CNC(=O)c1cc(N)ccc1Br. The van der Waals surface area contributed by atoms with Gasteiger partial charge in [0.2, 0.25) is 0 Å². The number of carbonyl (C=O) groups is 1. The zero-order valence-corrected chi connectivity index (χ0v) is 12.2. The third-order valence-electron chi connectivity index (χ3n) is 2.48. The van der Waals surface area contributed by atoms with Crippen LogP contribution in [0.15, 0.2) is 22.7 Å². The van der Waals surface area contributed by atoms with Crippen molar-refractivity contribution in [2.75, 3.05) is 12.3 Å². The van der Waals surface area contributed by atoms with Crippen molar-refractivity contribution in [3.8, 4) is 0 Å². The molecular weight excluding hydrogens is 296 g/mol. The van der Waals surface area contributed by atoms with Crippen molar-refractivity contribution < 1.29 is 9.90 Å². The Morgan fingerprint density at radius 2 is 2.17 bits per heavy atom. The first-order chi connectivity index (χ1) is 8.40. The smallest absolute Gasteiger partial charge is 0.252 e. The van der Waals surface area contributed by atoms with Gasteiger partial charge in [0, 0.05) is 16.7 Å². The number of benzene rings is 1. The van der Waals surface area contributed by atoms with Crippen LogP contribution in [0.5, 0.6) is 0 Å². The molecule has 4 N–H and O–H groups in total. The maximum Gasteiger partial charge on any atom is 0.252 e. The summed E-state index contributed by atoms with van der Waals surface area (Å²) in [7, 11) is 0. The highest BCUT2D eigenvalue weighted by molar-refractivity contribution is 9.10. The summed E-state index contributed by atoms with van der Waals surface area (Å²) in [4.78, 5) is 11.9. The highest BCUT2D eigenvalue weighted by Crippen LogP contribution is 2.19. The first kappa shape index (κ1) is 15.0. The Balaban J connectivity index is 2.58. The molecule has 0 saturated heterocycles. The number of nitrogens with two attached hydrogens (primary N) is 1. The fourth-order valence-electron chi connectivity index (χ4n) is 1.65. The molecule has 4 nitrogen and oxygen atoms in total. The fourth-order valence-corrected chi connectivity index (χ4v) is 2.08. The first-order valence-corrected chi connectivity index (χ1v) is 6.70. The molecule has 0 spiro atoms. The Morgan fingerprint density at radius 3 is 2.78 bits per heavy atom. The fraction of sp³-hybridized carbons (Fsp3) is 0.462. The molecule has 0 heterocycles. The van der Waals surface area contributed by atoms with Gasteiger partial charge in [0.05, 0.1) is 11.7 Å². The molecule has 1 aromatic rings. The van der Waals surface area contributed by atoms with Crippen LogP contribution in [0.2, 0.25) is 0 Å². The van der Waals surface area contributed by atoms with Crippen LogP contribution in [0.25, 0.3) is 0 Å². The molecule has 0 aliphatic rings. The largest absolute Gasteiger partial charge is 0.399 e. The predicted octanol–water partition coefficient (Wildman–Crippen LogP) is 2.17. The summed E-state index contributed by atoms with van der Waals surface area (Å²) < 4.78 is 0.688. The van der Waals surface area contributed by atoms with Gasteiger partial charge in [0.1, 0.15) is 0 Å². The Kier molecular flexibility index (Phi) is 5.62. The standard InChI is InChI=1S/C13H19BrN2O2/c1-8(2)5-10(17)7-16-13(18)11-6-9(15)3-4-12(11)14/h3-4,6,8,10,17H,5,7,15H2,1-2H3,(H,16,18). The molecule has 18 heavy (non-hydrogen) atoms. The van der Waals surface area contributed by atoms with Crippen molar-refractivity contribution in [3.63, 3.8) is 0 Å². The molecule has 1 unspecified atom stereocenters. The summed E-state index contributed by atoms with van der Waals surface area (Å²) in [5.41, 5.74) is 6.65. The number of anilines is 1. The summed E-state index contributed by atoms with van der Waals surface area (Å²) in [5, 5.41) is 12.4. The van der Waals surface area contributed by atoms with Gasteiger partial charge in [0.15, 0.2) is 0 Å². The number of halogens is 1. The van der Waals surface area contributed by atoms with Gasteiger partial charge >= 0.3 is 0 Å². The second-order valence-corrected chi connectivity index (χ2v) is 5.59. The lowest BCUT2D eigenvalue weighted by Crippen LogP contribution is -2.33. The number of hydrogen-bond donors (Lipinski definition) is 3. The number of carbonyl (C=O) groups excluding carboxylic acids is 1. The van der Waals surface area contributed by atoms with Gasteiger partial charge in [-0.3, -0.25) is 4.79 Å². The Hall–Kier alpha value is -1.07. The summed E-state index contributed by atoms with van der Waals surface area (Å²) in [6.45, 7) is 4.30. The van der Waals surface area contributed by atoms with Gasteiger partial charge in [-0.2, -0.15) is 0 Å². The number of aliphatic hydroxyl groups is 1. The van der Waals surface area contributed by atoms with Crippen molar-refractivity contribution in [2.45, 2.75) is 26.4 Å². The number of hydrogen-bond acceptors (Lipinski definition) is 3. The number of amides is 1. The zero-order valence-electron chi connectivity index (χ0n) is 10.6. The lowest BCUT2D eigenvalue weighted by Gasteiger charge is -2.14. The highest BCUT2D eigenvalue weighted by atomic mass is 79.9. The number of nitrogen functional groups attached to an aromatic ring is 1. The maximum atomic E-state index is 11.9. The third-order valence-corrected chi connectivity index (χ3v) is 3.17. The van der Waals surface area contributed by atoms with Crippen LogP contribution >= 0.6 is 15.9 Å². The third kappa shape index (κ3) is 4.66. The first-order valence-electron chi connectivity index (χ1n) is 5.91. The maximum absolute atomic E-state index is 11.9. The monoisotopic (exact) mass is 314 g/mol. The van der Waals surface area contributed by atoms with Crippen molar-refractivity contribution >= 4 is 27.5 Å². The molecule has 0 fully saturated rings. The quantitative estimate of drug-likeness (QED) is 0.729. The van der Waals surface area contributed by atoms with Crippen LogP contribution in [-0.2, 0) is 0 Å². The molecule has 0 bridgehead atoms. The zero-order chi connectivity index (χ0) is 13.7. The average Bonchev–Trinajstić information content (AvgIpc) is 2.28. The minimum atomic E-state index is -0.520. The number of rotatable bonds is 5.